The topological polar surface area (TPSA) is 255 Å². The number of carbonyl (C=O) groups excluding carboxylic acids is 1. The van der Waals surface area contributed by atoms with Gasteiger partial charge in [0.2, 0.25) is 0 Å². The number of hydrogen-bond acceptors (Lipinski definition) is 16. The van der Waals surface area contributed by atoms with E-state index in [0.717, 1.165) is 25.7 Å². The van der Waals surface area contributed by atoms with Crippen LogP contribution < -0.4 is 0 Å². The molecule has 3 saturated carbocycles. The van der Waals surface area contributed by atoms with Crippen molar-refractivity contribution in [3.05, 3.63) is 11.6 Å². The van der Waals surface area contributed by atoms with E-state index in [1.807, 2.05) is 0 Å². The van der Waals surface area contributed by atoms with Crippen LogP contribution in [0.2, 0.25) is 0 Å². The average molecular weight is 787 g/mol. The monoisotopic (exact) mass is 786 g/mol. The molecule has 0 spiro atoms. The Kier molecular flexibility index (Phi) is 12.0. The molecule has 16 nitrogen and oxygen atoms in total. The number of allylic oxidation sites excluding steroid dienone is 1. The molecule has 0 aromatic heterocycles. The molecule has 4 aliphatic carbocycles. The number of rotatable bonds is 8. The molecule has 3 aliphatic heterocycles. The van der Waals surface area contributed by atoms with Gasteiger partial charge in [0.05, 0.1) is 31.0 Å². The number of aliphatic hydroxyl groups excluding tert-OH is 9. The smallest absolute Gasteiger partial charge is 0.187 e. The molecule has 9 N–H and O–H groups in total. The molecule has 0 bridgehead atoms. The van der Waals surface area contributed by atoms with Gasteiger partial charge in [0.25, 0.3) is 0 Å². The maximum absolute atomic E-state index is 12.7. The van der Waals surface area contributed by atoms with Crippen molar-refractivity contribution in [1.29, 1.82) is 0 Å². The van der Waals surface area contributed by atoms with Crippen molar-refractivity contribution in [2.75, 3.05) is 6.61 Å². The van der Waals surface area contributed by atoms with Crippen LogP contribution >= 0.6 is 0 Å². The predicted molar refractivity (Wildman–Crippen MR) is 188 cm³/mol. The third-order valence-corrected chi connectivity index (χ3v) is 14.8. The molecule has 3 saturated heterocycles. The summed E-state index contributed by atoms with van der Waals surface area (Å²) in [4.78, 5) is 12.7. The van der Waals surface area contributed by atoms with Crippen LogP contribution in [0.1, 0.15) is 79.6 Å². The lowest BCUT2D eigenvalue weighted by atomic mass is 9.47. The highest BCUT2D eigenvalue weighted by Crippen LogP contribution is 2.66. The van der Waals surface area contributed by atoms with E-state index in [9.17, 15) is 50.8 Å². The number of fused-ring (bicyclic) bond motifs is 5. The Hall–Kier alpha value is -1.19. The first-order valence-corrected chi connectivity index (χ1v) is 20.1. The SMILES string of the molecule is CC(=O)[C@H]1[C@@H](O)C[C@@H]2[C@H]3CC=C4C[C@@H](O[C@@H]5O[C@H](CO)[C@@H](O[C@@H]6O[C@@H](C)[C@H](O)[C@@H](O)[C@H]6O)[C@H](O)[C@H]5O[C@H]5O[C@H](C)[C@@H](O)[C@H](O)[C@@H]5O)CC[C@]4(C)[C@@H]3CC[C@@]21C. The summed E-state index contributed by atoms with van der Waals surface area (Å²) < 4.78 is 36.2. The molecule has 0 amide bonds. The quantitative estimate of drug-likeness (QED) is 0.134. The van der Waals surface area contributed by atoms with Gasteiger partial charge in [-0.1, -0.05) is 25.5 Å². The normalized spacial score (nSPS) is 55.5. The van der Waals surface area contributed by atoms with Crippen molar-refractivity contribution in [3.63, 3.8) is 0 Å². The minimum Gasteiger partial charge on any atom is -0.394 e. The van der Waals surface area contributed by atoms with Crippen molar-refractivity contribution in [2.45, 2.75) is 184 Å². The zero-order chi connectivity index (χ0) is 39.9. The summed E-state index contributed by atoms with van der Waals surface area (Å²) in [6.07, 6.45) is -15.2. The van der Waals surface area contributed by atoms with Gasteiger partial charge in [-0.15, -0.1) is 0 Å². The number of hydrogen-bond donors (Lipinski definition) is 9. The van der Waals surface area contributed by atoms with Gasteiger partial charge in [-0.2, -0.15) is 0 Å². The summed E-state index contributed by atoms with van der Waals surface area (Å²) >= 11 is 0. The predicted octanol–water partition coefficient (Wildman–Crippen LogP) is -0.986. The second kappa shape index (κ2) is 15.8. The van der Waals surface area contributed by atoms with Crippen LogP contribution in [0.5, 0.6) is 0 Å². The lowest BCUT2D eigenvalue weighted by molar-refractivity contribution is -0.388. The standard InChI is InChI=1S/C39H62O16/c1-15(41)25-23(42)13-22-20-7-6-18-12-19(8-10-38(18,4)21(20)9-11-39(22,25)5)52-37-34(55-36-31(48)29(46)27(44)17(3)51-36)32(49)33(24(14-40)53-37)54-35-30(47)28(45)26(43)16(2)50-35/h6,16-17,19-37,40,42-49H,7-14H2,1-5H3/t16-,17+,19-,20-,21+,22+,23-,24+,25-,26-,27+,28+,29-,30+,31-,32-,33+,34+,35-,36+,37+,38-,39-/m0/s1. The Morgan fingerprint density at radius 3 is 1.93 bits per heavy atom. The Morgan fingerprint density at radius 2 is 1.35 bits per heavy atom. The zero-order valence-electron chi connectivity index (χ0n) is 32.2. The Bertz CT molecular complexity index is 1420. The van der Waals surface area contributed by atoms with Crippen LogP contribution in [-0.4, -0.2) is 163 Å². The van der Waals surface area contributed by atoms with E-state index in [4.69, 9.17) is 28.4 Å². The van der Waals surface area contributed by atoms with Crippen molar-refractivity contribution in [1.82, 2.24) is 0 Å². The fourth-order valence-electron chi connectivity index (χ4n) is 11.7. The molecule has 23 atom stereocenters. The molecule has 55 heavy (non-hydrogen) atoms. The van der Waals surface area contributed by atoms with Crippen LogP contribution in [0.3, 0.4) is 0 Å². The highest BCUT2D eigenvalue weighted by Gasteiger charge is 2.62. The molecular formula is C39H62O16. The van der Waals surface area contributed by atoms with E-state index >= 15 is 0 Å². The Labute approximate surface area is 321 Å². The molecule has 0 radical (unpaired) electrons. The van der Waals surface area contributed by atoms with Crippen molar-refractivity contribution >= 4 is 5.78 Å². The first kappa shape index (κ1) is 42.0. The van der Waals surface area contributed by atoms with Gasteiger partial charge in [-0.05, 0) is 94.3 Å². The molecule has 0 aromatic rings. The minimum atomic E-state index is -1.73. The van der Waals surface area contributed by atoms with Crippen molar-refractivity contribution in [2.24, 2.45) is 34.5 Å². The van der Waals surface area contributed by atoms with Crippen LogP contribution in [0.25, 0.3) is 0 Å². The number of ketones is 1. The van der Waals surface area contributed by atoms with Crippen LogP contribution in [-0.2, 0) is 33.2 Å². The van der Waals surface area contributed by atoms with E-state index in [0.29, 0.717) is 31.1 Å². The lowest BCUT2D eigenvalue weighted by Gasteiger charge is -2.58. The van der Waals surface area contributed by atoms with E-state index in [2.05, 4.69) is 19.9 Å². The van der Waals surface area contributed by atoms with Gasteiger partial charge in [0, 0.05) is 5.92 Å². The van der Waals surface area contributed by atoms with E-state index in [1.165, 1.54) is 19.4 Å². The molecule has 314 valence electrons. The van der Waals surface area contributed by atoms with E-state index in [1.54, 1.807) is 6.92 Å². The summed E-state index contributed by atoms with van der Waals surface area (Å²) in [5.74, 6) is 0.688. The van der Waals surface area contributed by atoms with Crippen LogP contribution in [0.15, 0.2) is 11.6 Å². The minimum absolute atomic E-state index is 0.0616. The van der Waals surface area contributed by atoms with E-state index < -0.39 is 111 Å². The summed E-state index contributed by atoms with van der Waals surface area (Å²) in [6.45, 7) is 8.38. The zero-order valence-corrected chi connectivity index (χ0v) is 32.2. The largest absolute Gasteiger partial charge is 0.394 e. The summed E-state index contributed by atoms with van der Waals surface area (Å²) in [5, 5.41) is 96.2. The molecular weight excluding hydrogens is 724 g/mol. The van der Waals surface area contributed by atoms with E-state index in [-0.39, 0.29) is 28.4 Å². The van der Waals surface area contributed by atoms with Gasteiger partial charge < -0.3 is 74.4 Å². The van der Waals surface area contributed by atoms with Gasteiger partial charge >= 0.3 is 0 Å². The van der Waals surface area contributed by atoms with Gasteiger partial charge in [-0.3, -0.25) is 4.79 Å². The number of Topliss-reactive ketones (excluding diaryl/α,β-unsaturated/α-hetero) is 1. The Morgan fingerprint density at radius 1 is 0.745 bits per heavy atom. The summed E-state index contributed by atoms with van der Waals surface area (Å²) in [6, 6.07) is 0. The van der Waals surface area contributed by atoms with Crippen LogP contribution in [0.4, 0.5) is 0 Å². The van der Waals surface area contributed by atoms with Crippen LogP contribution in [0, 0.1) is 34.5 Å². The lowest BCUT2D eigenvalue weighted by Crippen LogP contribution is -2.66. The molecule has 16 heteroatoms. The molecule has 0 aromatic carbocycles. The van der Waals surface area contributed by atoms with Gasteiger partial charge in [-0.25, -0.2) is 0 Å². The van der Waals surface area contributed by atoms with Gasteiger partial charge in [0.1, 0.15) is 66.8 Å². The number of ether oxygens (including phenoxy) is 6. The third-order valence-electron chi connectivity index (χ3n) is 14.8. The highest BCUT2D eigenvalue weighted by atomic mass is 16.8. The summed E-state index contributed by atoms with van der Waals surface area (Å²) in [7, 11) is 0. The number of carbonyl (C=O) groups is 1. The Balaban J connectivity index is 1.10. The highest BCUT2D eigenvalue weighted by molar-refractivity contribution is 5.80. The van der Waals surface area contributed by atoms with Crippen molar-refractivity contribution in [3.8, 4) is 0 Å². The second-order valence-electron chi connectivity index (χ2n) is 18.0. The fourth-order valence-corrected chi connectivity index (χ4v) is 11.7. The third kappa shape index (κ3) is 7.18. The van der Waals surface area contributed by atoms with Crippen molar-refractivity contribution < 1.29 is 79.2 Å². The number of aliphatic hydroxyl groups is 9. The molecule has 3 heterocycles. The summed E-state index contributed by atoms with van der Waals surface area (Å²) in [5.41, 5.74) is 0.900. The first-order chi connectivity index (χ1) is 25.9. The maximum Gasteiger partial charge on any atom is 0.187 e. The molecule has 7 aliphatic rings. The molecule has 7 rings (SSSR count). The fraction of sp³-hybridized carbons (Fsp3) is 0.923. The first-order valence-electron chi connectivity index (χ1n) is 20.1. The molecule has 0 unspecified atom stereocenters. The average Bonchev–Trinajstić information content (AvgIpc) is 3.43. The maximum atomic E-state index is 12.7. The van der Waals surface area contributed by atoms with Gasteiger partial charge in [0.15, 0.2) is 18.9 Å². The second-order valence-corrected chi connectivity index (χ2v) is 18.0. The molecule has 6 fully saturated rings.